The van der Waals surface area contributed by atoms with Gasteiger partial charge in [-0.15, -0.1) is 0 Å². The van der Waals surface area contributed by atoms with E-state index in [1.165, 1.54) is 32.7 Å². The van der Waals surface area contributed by atoms with Crippen molar-refractivity contribution in [2.75, 3.05) is 12.4 Å². The maximum Gasteiger partial charge on any atom is 0.240 e. The molecule has 1 aliphatic rings. The van der Waals surface area contributed by atoms with Crippen molar-refractivity contribution in [3.63, 3.8) is 0 Å². The van der Waals surface area contributed by atoms with Crippen molar-refractivity contribution in [3.8, 4) is 0 Å². The van der Waals surface area contributed by atoms with Gasteiger partial charge in [-0.1, -0.05) is 19.4 Å². The number of sulfonamides is 1. The summed E-state index contributed by atoms with van der Waals surface area (Å²) in [5.74, 6) is 0.804. The molecule has 1 aromatic carbocycles. The first-order valence-electron chi connectivity index (χ1n) is 7.27. The van der Waals surface area contributed by atoms with E-state index < -0.39 is 10.0 Å². The Labute approximate surface area is 122 Å². The SMILES string of the molecule is CCC1CCC(Nc2ccc(C)c(S(=O)(=O)NC)c2)C1. The second kappa shape index (κ2) is 6.14. The van der Waals surface area contributed by atoms with Gasteiger partial charge in [0, 0.05) is 11.7 Å². The molecule has 2 atom stereocenters. The predicted molar refractivity (Wildman–Crippen MR) is 82.5 cm³/mol. The molecule has 0 amide bonds. The van der Waals surface area contributed by atoms with E-state index in [4.69, 9.17) is 0 Å². The van der Waals surface area contributed by atoms with Crippen molar-refractivity contribution in [1.29, 1.82) is 0 Å². The molecule has 1 aliphatic carbocycles. The predicted octanol–water partition coefficient (Wildman–Crippen LogP) is 2.89. The summed E-state index contributed by atoms with van der Waals surface area (Å²) in [5.41, 5.74) is 1.66. The summed E-state index contributed by atoms with van der Waals surface area (Å²) in [6, 6.07) is 6.02. The summed E-state index contributed by atoms with van der Waals surface area (Å²) in [6.07, 6.45) is 4.84. The zero-order chi connectivity index (χ0) is 14.8. The van der Waals surface area contributed by atoms with Crippen LogP contribution in [0.2, 0.25) is 0 Å². The molecule has 112 valence electrons. The van der Waals surface area contributed by atoms with E-state index in [9.17, 15) is 8.42 Å². The molecule has 1 fully saturated rings. The van der Waals surface area contributed by atoms with E-state index in [2.05, 4.69) is 17.0 Å². The van der Waals surface area contributed by atoms with Crippen molar-refractivity contribution in [3.05, 3.63) is 23.8 Å². The molecule has 2 unspecified atom stereocenters. The van der Waals surface area contributed by atoms with E-state index in [0.717, 1.165) is 17.2 Å². The molecule has 2 rings (SSSR count). The molecule has 4 nitrogen and oxygen atoms in total. The van der Waals surface area contributed by atoms with Crippen molar-refractivity contribution < 1.29 is 8.42 Å². The first kappa shape index (κ1) is 15.3. The van der Waals surface area contributed by atoms with Crippen LogP contribution in [0.5, 0.6) is 0 Å². The Morgan fingerprint density at radius 3 is 2.65 bits per heavy atom. The number of rotatable bonds is 5. The van der Waals surface area contributed by atoms with Crippen molar-refractivity contribution >= 4 is 15.7 Å². The summed E-state index contributed by atoms with van der Waals surface area (Å²) in [4.78, 5) is 0.357. The Morgan fingerprint density at radius 2 is 2.05 bits per heavy atom. The molecule has 20 heavy (non-hydrogen) atoms. The first-order chi connectivity index (χ1) is 9.46. The number of hydrogen-bond donors (Lipinski definition) is 2. The third-order valence-electron chi connectivity index (χ3n) is 4.24. The van der Waals surface area contributed by atoms with Crippen LogP contribution in [-0.4, -0.2) is 21.5 Å². The maximum atomic E-state index is 12.0. The van der Waals surface area contributed by atoms with Crippen LogP contribution in [0.3, 0.4) is 0 Å². The van der Waals surface area contributed by atoms with E-state index in [0.29, 0.717) is 10.9 Å². The van der Waals surface area contributed by atoms with Gasteiger partial charge in [0.15, 0.2) is 0 Å². The zero-order valence-corrected chi connectivity index (χ0v) is 13.3. The van der Waals surface area contributed by atoms with Crippen molar-refractivity contribution in [1.82, 2.24) is 4.72 Å². The number of nitrogens with one attached hydrogen (secondary N) is 2. The number of hydrogen-bond acceptors (Lipinski definition) is 3. The summed E-state index contributed by atoms with van der Waals surface area (Å²) < 4.78 is 26.3. The minimum absolute atomic E-state index is 0.357. The van der Waals surface area contributed by atoms with E-state index in [1.54, 1.807) is 6.07 Å². The number of aryl methyl sites for hydroxylation is 1. The molecule has 1 saturated carbocycles. The lowest BCUT2D eigenvalue weighted by molar-refractivity contribution is 0.525. The molecular formula is C15H24N2O2S. The highest BCUT2D eigenvalue weighted by Crippen LogP contribution is 2.30. The normalized spacial score (nSPS) is 22.9. The highest BCUT2D eigenvalue weighted by atomic mass is 32.2. The molecule has 2 N–H and O–H groups in total. The molecule has 0 radical (unpaired) electrons. The van der Waals surface area contributed by atoms with Crippen LogP contribution in [0.4, 0.5) is 5.69 Å². The summed E-state index contributed by atoms with van der Waals surface area (Å²) in [5, 5.41) is 3.48. The van der Waals surface area contributed by atoms with Crippen LogP contribution in [0, 0.1) is 12.8 Å². The van der Waals surface area contributed by atoms with E-state index in [1.807, 2.05) is 19.1 Å². The van der Waals surface area contributed by atoms with Gasteiger partial charge in [0.25, 0.3) is 0 Å². The molecule has 0 aromatic heterocycles. The minimum Gasteiger partial charge on any atom is -0.382 e. The Kier molecular flexibility index (Phi) is 4.70. The summed E-state index contributed by atoms with van der Waals surface area (Å²) in [7, 11) is -1.95. The highest BCUT2D eigenvalue weighted by Gasteiger charge is 2.23. The standard InChI is InChI=1S/C15H24N2O2S/c1-4-12-6-8-13(9-12)17-14-7-5-11(2)15(10-14)20(18,19)16-3/h5,7,10,12-13,16-17H,4,6,8-9H2,1-3H3. The monoisotopic (exact) mass is 296 g/mol. The van der Waals surface area contributed by atoms with Gasteiger partial charge >= 0.3 is 0 Å². The highest BCUT2D eigenvalue weighted by molar-refractivity contribution is 7.89. The lowest BCUT2D eigenvalue weighted by Crippen LogP contribution is -2.20. The lowest BCUT2D eigenvalue weighted by Gasteiger charge is -2.16. The average Bonchev–Trinajstić information content (AvgIpc) is 2.88. The lowest BCUT2D eigenvalue weighted by atomic mass is 10.1. The average molecular weight is 296 g/mol. The van der Waals surface area contributed by atoms with Gasteiger partial charge in [0.05, 0.1) is 4.90 Å². The molecule has 0 spiro atoms. The number of benzene rings is 1. The van der Waals surface area contributed by atoms with Gasteiger partial charge in [0.1, 0.15) is 0 Å². The van der Waals surface area contributed by atoms with Gasteiger partial charge in [-0.05, 0) is 56.8 Å². The van der Waals surface area contributed by atoms with Crippen LogP contribution >= 0.6 is 0 Å². The Bertz CT molecular complexity index is 569. The quantitative estimate of drug-likeness (QED) is 0.878. The van der Waals surface area contributed by atoms with Gasteiger partial charge < -0.3 is 5.32 Å². The van der Waals surface area contributed by atoms with Crippen molar-refractivity contribution in [2.45, 2.75) is 50.5 Å². The van der Waals surface area contributed by atoms with Gasteiger partial charge in [-0.3, -0.25) is 0 Å². The van der Waals surface area contributed by atoms with Crippen LogP contribution in [0.1, 0.15) is 38.2 Å². The van der Waals surface area contributed by atoms with Gasteiger partial charge in [-0.25, -0.2) is 13.1 Å². The fraction of sp³-hybridized carbons (Fsp3) is 0.600. The smallest absolute Gasteiger partial charge is 0.240 e. The van der Waals surface area contributed by atoms with E-state index >= 15 is 0 Å². The molecule has 0 heterocycles. The molecule has 0 saturated heterocycles. The molecule has 1 aromatic rings. The Balaban J connectivity index is 2.16. The molecular weight excluding hydrogens is 272 g/mol. The van der Waals surface area contributed by atoms with Crippen LogP contribution < -0.4 is 10.0 Å². The molecule has 0 aliphatic heterocycles. The summed E-state index contributed by atoms with van der Waals surface area (Å²) >= 11 is 0. The number of anilines is 1. The van der Waals surface area contributed by atoms with Gasteiger partial charge in [0.2, 0.25) is 10.0 Å². The zero-order valence-electron chi connectivity index (χ0n) is 12.4. The minimum atomic E-state index is -3.39. The maximum absolute atomic E-state index is 12.0. The second-order valence-corrected chi connectivity index (χ2v) is 7.47. The summed E-state index contributed by atoms with van der Waals surface area (Å²) in [6.45, 7) is 4.05. The van der Waals surface area contributed by atoms with Crippen LogP contribution in [0.15, 0.2) is 23.1 Å². The Hall–Kier alpha value is -1.07. The van der Waals surface area contributed by atoms with Gasteiger partial charge in [-0.2, -0.15) is 0 Å². The van der Waals surface area contributed by atoms with Crippen LogP contribution in [-0.2, 0) is 10.0 Å². The topological polar surface area (TPSA) is 58.2 Å². The van der Waals surface area contributed by atoms with Crippen molar-refractivity contribution in [2.24, 2.45) is 5.92 Å². The largest absolute Gasteiger partial charge is 0.382 e. The van der Waals surface area contributed by atoms with Crippen LogP contribution in [0.25, 0.3) is 0 Å². The van der Waals surface area contributed by atoms with E-state index in [-0.39, 0.29) is 0 Å². The third-order valence-corrected chi connectivity index (χ3v) is 5.79. The fourth-order valence-electron chi connectivity index (χ4n) is 2.90. The third kappa shape index (κ3) is 3.33. The Morgan fingerprint density at radius 1 is 1.30 bits per heavy atom. The molecule has 5 heteroatoms. The fourth-order valence-corrected chi connectivity index (χ4v) is 3.90. The first-order valence-corrected chi connectivity index (χ1v) is 8.75. The second-order valence-electron chi connectivity index (χ2n) is 5.62. The molecule has 0 bridgehead atoms.